The lowest BCUT2D eigenvalue weighted by atomic mass is 10.0. The normalized spacial score (nSPS) is 15.8. The minimum atomic E-state index is -0.235. The molecule has 2 aromatic rings. The fraction of sp³-hybridized carbons (Fsp3) is 0.300. The molecule has 1 aliphatic rings. The van der Waals surface area contributed by atoms with Crippen molar-refractivity contribution >= 4 is 34.9 Å². The predicted octanol–water partition coefficient (Wildman–Crippen LogP) is 4.72. The molecule has 0 saturated carbocycles. The Kier molecular flexibility index (Phi) is 6.58. The van der Waals surface area contributed by atoms with Gasteiger partial charge < -0.3 is 15.1 Å². The molecule has 142 valence electrons. The Morgan fingerprint density at radius 1 is 1.19 bits per heavy atom. The van der Waals surface area contributed by atoms with Gasteiger partial charge in [-0.1, -0.05) is 64.8 Å². The molecular formula is C20H21Cl2N3O2. The van der Waals surface area contributed by atoms with Crippen LogP contribution in [0.1, 0.15) is 24.5 Å². The van der Waals surface area contributed by atoms with Crippen molar-refractivity contribution in [1.82, 2.24) is 10.2 Å². The molecule has 3 rings (SSSR count). The standard InChI is InChI=1S/C20H21Cl2N3O2/c1-2-23-20(26)25(12-14-7-3-5-9-17(14)21)13-15-11-19(24-27-15)16-8-4-6-10-18(16)22/h3-10,15H,2,11-13H2,1H3,(H,23,26). The summed E-state index contributed by atoms with van der Waals surface area (Å²) in [5.74, 6) is 0. The number of nitrogens with zero attached hydrogens (tertiary/aromatic N) is 2. The van der Waals surface area contributed by atoms with Gasteiger partial charge in [-0.3, -0.25) is 0 Å². The lowest BCUT2D eigenvalue weighted by molar-refractivity contribution is 0.0590. The monoisotopic (exact) mass is 405 g/mol. The number of hydrogen-bond acceptors (Lipinski definition) is 3. The molecule has 2 amide bonds. The molecule has 27 heavy (non-hydrogen) atoms. The van der Waals surface area contributed by atoms with Gasteiger partial charge >= 0.3 is 6.03 Å². The van der Waals surface area contributed by atoms with Gasteiger partial charge in [0, 0.05) is 35.1 Å². The van der Waals surface area contributed by atoms with E-state index < -0.39 is 0 Å². The number of halogens is 2. The zero-order chi connectivity index (χ0) is 19.2. The number of benzene rings is 2. The molecule has 1 aliphatic heterocycles. The van der Waals surface area contributed by atoms with Crippen molar-refractivity contribution in [3.63, 3.8) is 0 Å². The fourth-order valence-corrected chi connectivity index (χ4v) is 3.38. The first-order valence-electron chi connectivity index (χ1n) is 8.82. The summed E-state index contributed by atoms with van der Waals surface area (Å²) in [6.07, 6.45) is 0.351. The highest BCUT2D eigenvalue weighted by Gasteiger charge is 2.27. The highest BCUT2D eigenvalue weighted by molar-refractivity contribution is 6.34. The van der Waals surface area contributed by atoms with Crippen molar-refractivity contribution in [3.8, 4) is 0 Å². The number of hydrogen-bond donors (Lipinski definition) is 1. The summed E-state index contributed by atoms with van der Waals surface area (Å²) < 4.78 is 0. The van der Waals surface area contributed by atoms with Gasteiger partial charge in [0.05, 0.1) is 12.3 Å². The second kappa shape index (κ2) is 9.11. The first-order valence-corrected chi connectivity index (χ1v) is 9.57. The molecule has 0 bridgehead atoms. The number of rotatable bonds is 6. The van der Waals surface area contributed by atoms with Crippen LogP contribution >= 0.6 is 23.2 Å². The van der Waals surface area contributed by atoms with Crippen LogP contribution in [0.4, 0.5) is 4.79 Å². The average Bonchev–Trinajstić information content (AvgIpc) is 3.12. The molecule has 0 fully saturated rings. The maximum Gasteiger partial charge on any atom is 0.317 e. The van der Waals surface area contributed by atoms with Crippen LogP contribution in [0.2, 0.25) is 10.0 Å². The Morgan fingerprint density at radius 3 is 2.59 bits per heavy atom. The fourth-order valence-electron chi connectivity index (χ4n) is 2.94. The summed E-state index contributed by atoms with van der Waals surface area (Å²) in [7, 11) is 0. The Hall–Kier alpha value is -2.24. The van der Waals surface area contributed by atoms with E-state index in [1.165, 1.54) is 0 Å². The quantitative estimate of drug-likeness (QED) is 0.755. The molecule has 7 heteroatoms. The summed E-state index contributed by atoms with van der Waals surface area (Å²) in [4.78, 5) is 19.8. The lowest BCUT2D eigenvalue weighted by Gasteiger charge is -2.25. The molecule has 1 N–H and O–H groups in total. The average molecular weight is 406 g/mol. The lowest BCUT2D eigenvalue weighted by Crippen LogP contribution is -2.43. The third kappa shape index (κ3) is 4.93. The summed E-state index contributed by atoms with van der Waals surface area (Å²) in [6.45, 7) is 3.22. The van der Waals surface area contributed by atoms with Crippen LogP contribution in [-0.2, 0) is 11.4 Å². The van der Waals surface area contributed by atoms with Crippen molar-refractivity contribution in [3.05, 3.63) is 69.7 Å². The van der Waals surface area contributed by atoms with Crippen molar-refractivity contribution in [2.75, 3.05) is 13.1 Å². The van der Waals surface area contributed by atoms with Crippen molar-refractivity contribution < 1.29 is 9.63 Å². The van der Waals surface area contributed by atoms with E-state index in [1.807, 2.05) is 55.5 Å². The van der Waals surface area contributed by atoms with Crippen molar-refractivity contribution in [2.24, 2.45) is 5.16 Å². The topological polar surface area (TPSA) is 53.9 Å². The molecule has 0 aliphatic carbocycles. The van der Waals surface area contributed by atoms with Gasteiger partial charge in [-0.2, -0.15) is 0 Å². The number of urea groups is 1. The highest BCUT2D eigenvalue weighted by atomic mass is 35.5. The number of carbonyl (C=O) groups excluding carboxylic acids is 1. The van der Waals surface area contributed by atoms with E-state index in [0.717, 1.165) is 16.8 Å². The number of amides is 2. The van der Waals surface area contributed by atoms with Crippen LogP contribution in [-0.4, -0.2) is 35.8 Å². The second-order valence-electron chi connectivity index (χ2n) is 6.26. The highest BCUT2D eigenvalue weighted by Crippen LogP contribution is 2.24. The molecule has 5 nitrogen and oxygen atoms in total. The predicted molar refractivity (Wildman–Crippen MR) is 108 cm³/mol. The van der Waals surface area contributed by atoms with Gasteiger partial charge in [0.1, 0.15) is 0 Å². The van der Waals surface area contributed by atoms with E-state index in [1.54, 1.807) is 4.90 Å². The van der Waals surface area contributed by atoms with Gasteiger partial charge in [-0.25, -0.2) is 4.79 Å². The Balaban J connectivity index is 1.69. The molecule has 0 radical (unpaired) electrons. The van der Waals surface area contributed by atoms with Gasteiger partial charge in [-0.05, 0) is 24.6 Å². The minimum Gasteiger partial charge on any atom is -0.390 e. The summed E-state index contributed by atoms with van der Waals surface area (Å²) in [6, 6.07) is 14.9. The van der Waals surface area contributed by atoms with E-state index in [2.05, 4.69) is 10.5 Å². The third-order valence-corrected chi connectivity index (χ3v) is 4.97. The summed E-state index contributed by atoms with van der Waals surface area (Å²) in [5.41, 5.74) is 2.53. The Bertz CT molecular complexity index is 841. The zero-order valence-corrected chi connectivity index (χ0v) is 16.5. The third-order valence-electron chi connectivity index (χ3n) is 4.28. The van der Waals surface area contributed by atoms with E-state index in [4.69, 9.17) is 28.0 Å². The van der Waals surface area contributed by atoms with Gasteiger partial charge in [0.2, 0.25) is 0 Å². The smallest absolute Gasteiger partial charge is 0.317 e. The van der Waals surface area contributed by atoms with E-state index >= 15 is 0 Å². The van der Waals surface area contributed by atoms with Gasteiger partial charge in [0.15, 0.2) is 6.10 Å². The molecular weight excluding hydrogens is 385 g/mol. The molecule has 1 atom stereocenters. The molecule has 0 saturated heterocycles. The summed E-state index contributed by atoms with van der Waals surface area (Å²) in [5, 5.41) is 8.29. The SMILES string of the molecule is CCNC(=O)N(Cc1ccccc1Cl)CC1CC(c2ccccc2Cl)=NO1. The van der Waals surface area contributed by atoms with Gasteiger partial charge in [-0.15, -0.1) is 0 Å². The maximum absolute atomic E-state index is 12.5. The number of carbonyl (C=O) groups is 1. The number of nitrogens with one attached hydrogen (secondary N) is 1. The van der Waals surface area contributed by atoms with Crippen LogP contribution in [0.3, 0.4) is 0 Å². The molecule has 0 spiro atoms. The van der Waals surface area contributed by atoms with Crippen LogP contribution < -0.4 is 5.32 Å². The molecule has 0 aromatic heterocycles. The van der Waals surface area contributed by atoms with Crippen molar-refractivity contribution in [1.29, 1.82) is 0 Å². The Labute approximate surface area is 168 Å². The summed E-state index contributed by atoms with van der Waals surface area (Å²) >= 11 is 12.5. The van der Waals surface area contributed by atoms with E-state index in [0.29, 0.717) is 36.1 Å². The Morgan fingerprint density at radius 2 is 1.89 bits per heavy atom. The molecule has 2 aromatic carbocycles. The molecule has 1 unspecified atom stereocenters. The van der Waals surface area contributed by atoms with Crippen LogP contribution in [0.5, 0.6) is 0 Å². The second-order valence-corrected chi connectivity index (χ2v) is 7.07. The van der Waals surface area contributed by atoms with Crippen LogP contribution in [0.25, 0.3) is 0 Å². The van der Waals surface area contributed by atoms with Crippen LogP contribution in [0, 0.1) is 0 Å². The van der Waals surface area contributed by atoms with Crippen molar-refractivity contribution in [2.45, 2.75) is 26.0 Å². The first-order chi connectivity index (χ1) is 13.1. The largest absolute Gasteiger partial charge is 0.390 e. The minimum absolute atomic E-state index is 0.160. The maximum atomic E-state index is 12.5. The number of oxime groups is 1. The van der Waals surface area contributed by atoms with E-state index in [9.17, 15) is 4.79 Å². The van der Waals surface area contributed by atoms with E-state index in [-0.39, 0.29) is 12.1 Å². The molecule has 1 heterocycles. The first kappa shape index (κ1) is 19.5. The van der Waals surface area contributed by atoms with Gasteiger partial charge in [0.25, 0.3) is 0 Å². The van der Waals surface area contributed by atoms with Crippen LogP contribution in [0.15, 0.2) is 53.7 Å². The zero-order valence-electron chi connectivity index (χ0n) is 15.0.